The Morgan fingerprint density at radius 3 is 2.56 bits per heavy atom. The van der Waals surface area contributed by atoms with Crippen molar-refractivity contribution in [3.63, 3.8) is 0 Å². The van der Waals surface area contributed by atoms with Crippen LogP contribution in [0.4, 0.5) is 5.69 Å². The number of nitrogens with zero attached hydrogens (tertiary/aromatic N) is 1. The summed E-state index contributed by atoms with van der Waals surface area (Å²) < 4.78 is 5.86. The fourth-order valence-electron chi connectivity index (χ4n) is 3.54. The molecule has 0 bridgehead atoms. The number of fused-ring (bicyclic) bond motifs is 3. The van der Waals surface area contributed by atoms with E-state index in [0.29, 0.717) is 34.9 Å². The maximum Gasteiger partial charge on any atom is 0.268 e. The summed E-state index contributed by atoms with van der Waals surface area (Å²) in [5.41, 5.74) is 8.41. The van der Waals surface area contributed by atoms with Crippen molar-refractivity contribution in [2.24, 2.45) is 5.73 Å². The Balaban J connectivity index is 1.67. The van der Waals surface area contributed by atoms with E-state index < -0.39 is 5.91 Å². The van der Waals surface area contributed by atoms with Gasteiger partial charge in [-0.15, -0.1) is 11.3 Å². The van der Waals surface area contributed by atoms with Crippen molar-refractivity contribution >= 4 is 46.3 Å². The number of amides is 3. The van der Waals surface area contributed by atoms with Crippen molar-refractivity contribution in [3.8, 4) is 16.2 Å². The van der Waals surface area contributed by atoms with Crippen molar-refractivity contribution < 1.29 is 19.1 Å². The van der Waals surface area contributed by atoms with Crippen molar-refractivity contribution in [1.29, 1.82) is 0 Å². The van der Waals surface area contributed by atoms with Crippen molar-refractivity contribution in [2.75, 3.05) is 25.6 Å². The lowest BCUT2D eigenvalue weighted by atomic mass is 10.0. The Morgan fingerprint density at radius 2 is 1.88 bits per heavy atom. The van der Waals surface area contributed by atoms with E-state index in [0.717, 1.165) is 16.0 Å². The molecule has 0 saturated carbocycles. The van der Waals surface area contributed by atoms with Crippen molar-refractivity contribution in [3.05, 3.63) is 69.1 Å². The van der Waals surface area contributed by atoms with Gasteiger partial charge in [-0.2, -0.15) is 0 Å². The van der Waals surface area contributed by atoms with E-state index in [-0.39, 0.29) is 22.4 Å². The van der Waals surface area contributed by atoms with Gasteiger partial charge < -0.3 is 20.7 Å². The van der Waals surface area contributed by atoms with Gasteiger partial charge in [0.2, 0.25) is 5.91 Å². The number of hydrogen-bond donors (Lipinski definition) is 2. The number of hydrogen-bond acceptors (Lipinski definition) is 5. The first-order valence-corrected chi connectivity index (χ1v) is 11.0. The molecular weight excluding hydrogens is 450 g/mol. The van der Waals surface area contributed by atoms with Crippen molar-refractivity contribution in [1.82, 2.24) is 5.32 Å². The van der Waals surface area contributed by atoms with Gasteiger partial charge in [0, 0.05) is 42.1 Å². The molecule has 0 aliphatic carbocycles. The predicted molar refractivity (Wildman–Crippen MR) is 125 cm³/mol. The summed E-state index contributed by atoms with van der Waals surface area (Å²) in [6.07, 6.45) is 0.640. The number of carbonyl (C=O) groups excluding carboxylic acids is 3. The van der Waals surface area contributed by atoms with Gasteiger partial charge in [0.15, 0.2) is 0 Å². The van der Waals surface area contributed by atoms with E-state index in [2.05, 4.69) is 5.32 Å². The number of nitrogens with one attached hydrogen (secondary N) is 1. The number of thiophene rings is 1. The third kappa shape index (κ3) is 3.94. The number of halogens is 1. The Morgan fingerprint density at radius 1 is 1.12 bits per heavy atom. The summed E-state index contributed by atoms with van der Waals surface area (Å²) in [7, 11) is 3.21. The molecule has 32 heavy (non-hydrogen) atoms. The van der Waals surface area contributed by atoms with Gasteiger partial charge in [-0.25, -0.2) is 0 Å². The fourth-order valence-corrected chi connectivity index (χ4v) is 5.06. The van der Waals surface area contributed by atoms with Crippen LogP contribution >= 0.6 is 22.9 Å². The summed E-state index contributed by atoms with van der Waals surface area (Å²) >= 11 is 7.66. The molecule has 4 rings (SSSR count). The summed E-state index contributed by atoms with van der Waals surface area (Å²) in [4.78, 5) is 39.5. The van der Waals surface area contributed by atoms with Crippen LogP contribution in [0.15, 0.2) is 42.5 Å². The zero-order valence-corrected chi connectivity index (χ0v) is 19.0. The van der Waals surface area contributed by atoms with Crippen LogP contribution in [-0.2, 0) is 6.42 Å². The second-order valence-electron chi connectivity index (χ2n) is 7.25. The molecule has 1 aromatic heterocycles. The number of primary amides is 1. The van der Waals surface area contributed by atoms with E-state index in [4.69, 9.17) is 22.1 Å². The molecule has 0 unspecified atom stereocenters. The minimum atomic E-state index is -0.588. The monoisotopic (exact) mass is 469 g/mol. The molecule has 0 spiro atoms. The van der Waals surface area contributed by atoms with Gasteiger partial charge in [-0.05, 0) is 48.0 Å². The molecule has 2 heterocycles. The molecule has 9 heteroatoms. The minimum Gasteiger partial charge on any atom is -0.493 e. The van der Waals surface area contributed by atoms with Gasteiger partial charge in [0.1, 0.15) is 5.75 Å². The highest BCUT2D eigenvalue weighted by Gasteiger charge is 2.25. The number of ether oxygens (including phenoxy) is 1. The summed E-state index contributed by atoms with van der Waals surface area (Å²) in [6.45, 7) is 0.442. The molecule has 3 N–H and O–H groups in total. The Kier molecular flexibility index (Phi) is 5.90. The molecule has 2 aromatic carbocycles. The average Bonchev–Trinajstić information content (AvgIpc) is 3.13. The number of nitrogens with two attached hydrogens (primary N) is 1. The standard InChI is InChI=1S/C23H20ClN3O4S/c1-26-22(29)14-3-5-15-18(10-14)31-8-7-12-11-19(32-20(12)15)23(30)27(2)17-6-4-13(21(25)28)9-16(17)24/h3-6,9-11H,7-8H2,1-2H3,(H2,25,28)(H,26,29). The molecule has 3 amide bonds. The normalized spacial score (nSPS) is 12.1. The number of anilines is 1. The van der Waals surface area contributed by atoms with Crippen LogP contribution in [0, 0.1) is 0 Å². The summed E-state index contributed by atoms with van der Waals surface area (Å²) in [5.74, 6) is -0.385. The van der Waals surface area contributed by atoms with Crippen LogP contribution < -0.4 is 20.7 Å². The number of rotatable bonds is 4. The molecule has 0 saturated heterocycles. The van der Waals surface area contributed by atoms with Crippen LogP contribution in [-0.4, -0.2) is 38.4 Å². The predicted octanol–water partition coefficient (Wildman–Crippen LogP) is 3.74. The van der Waals surface area contributed by atoms with E-state index in [1.54, 1.807) is 32.3 Å². The molecular formula is C23H20ClN3O4S. The highest BCUT2D eigenvalue weighted by atomic mass is 35.5. The van der Waals surface area contributed by atoms with E-state index in [9.17, 15) is 14.4 Å². The summed E-state index contributed by atoms with van der Waals surface area (Å²) in [5, 5.41) is 2.87. The molecule has 7 nitrogen and oxygen atoms in total. The zero-order valence-electron chi connectivity index (χ0n) is 17.4. The van der Waals surface area contributed by atoms with Crippen LogP contribution in [0.2, 0.25) is 5.02 Å². The second-order valence-corrected chi connectivity index (χ2v) is 8.71. The topological polar surface area (TPSA) is 102 Å². The van der Waals surface area contributed by atoms with Crippen LogP contribution in [0.25, 0.3) is 10.4 Å². The highest BCUT2D eigenvalue weighted by molar-refractivity contribution is 7.17. The smallest absolute Gasteiger partial charge is 0.268 e. The van der Waals surface area contributed by atoms with Crippen LogP contribution in [0.3, 0.4) is 0 Å². The average molecular weight is 470 g/mol. The van der Waals surface area contributed by atoms with E-state index in [1.165, 1.54) is 28.4 Å². The molecule has 0 radical (unpaired) electrons. The van der Waals surface area contributed by atoms with Crippen LogP contribution in [0.1, 0.15) is 36.0 Å². The number of carbonyl (C=O) groups is 3. The fraction of sp³-hybridized carbons (Fsp3) is 0.174. The molecule has 0 atom stereocenters. The molecule has 1 aliphatic rings. The maximum absolute atomic E-state index is 13.2. The maximum atomic E-state index is 13.2. The van der Waals surface area contributed by atoms with Crippen molar-refractivity contribution in [2.45, 2.75) is 6.42 Å². The SMILES string of the molecule is CNC(=O)c1ccc2c(c1)OCCc1cc(C(=O)N(C)c3ccc(C(N)=O)cc3Cl)sc1-2. The third-order valence-corrected chi connectivity index (χ3v) is 6.76. The molecule has 1 aliphatic heterocycles. The molecule has 3 aromatic rings. The minimum absolute atomic E-state index is 0.191. The lowest BCUT2D eigenvalue weighted by molar-refractivity contribution is 0.0960. The zero-order chi connectivity index (χ0) is 23.0. The van der Waals surface area contributed by atoms with E-state index >= 15 is 0 Å². The first-order valence-electron chi connectivity index (χ1n) is 9.79. The third-order valence-electron chi connectivity index (χ3n) is 5.26. The molecule has 0 fully saturated rings. The van der Waals surface area contributed by atoms with Gasteiger partial charge in [0.25, 0.3) is 11.8 Å². The molecule has 164 valence electrons. The van der Waals surface area contributed by atoms with Gasteiger partial charge in [-0.3, -0.25) is 14.4 Å². The van der Waals surface area contributed by atoms with E-state index in [1.807, 2.05) is 12.1 Å². The Hall–Kier alpha value is -3.36. The highest BCUT2D eigenvalue weighted by Crippen LogP contribution is 2.42. The van der Waals surface area contributed by atoms with Gasteiger partial charge in [0.05, 0.1) is 22.2 Å². The number of benzene rings is 2. The Bertz CT molecular complexity index is 1250. The second kappa shape index (κ2) is 8.64. The lowest BCUT2D eigenvalue weighted by Gasteiger charge is -2.18. The van der Waals surface area contributed by atoms with Gasteiger partial charge >= 0.3 is 0 Å². The quantitative estimate of drug-likeness (QED) is 0.607. The lowest BCUT2D eigenvalue weighted by Crippen LogP contribution is -2.26. The Labute approximate surface area is 193 Å². The van der Waals surface area contributed by atoms with Crippen LogP contribution in [0.5, 0.6) is 5.75 Å². The summed E-state index contributed by atoms with van der Waals surface area (Å²) in [6, 6.07) is 11.8. The first-order chi connectivity index (χ1) is 15.3. The van der Waals surface area contributed by atoms with Gasteiger partial charge in [-0.1, -0.05) is 11.6 Å². The first kappa shape index (κ1) is 21.9. The largest absolute Gasteiger partial charge is 0.493 e.